The van der Waals surface area contributed by atoms with Crippen molar-refractivity contribution in [1.29, 1.82) is 0 Å². The first-order valence-corrected chi connectivity index (χ1v) is 7.95. The van der Waals surface area contributed by atoms with E-state index in [0.29, 0.717) is 13.2 Å². The summed E-state index contributed by atoms with van der Waals surface area (Å²) in [4.78, 5) is 18.1. The molecular formula is C16H23N5O2. The van der Waals surface area contributed by atoms with Crippen LogP contribution in [0.4, 0.5) is 0 Å². The zero-order chi connectivity index (χ0) is 16.6. The van der Waals surface area contributed by atoms with Crippen molar-refractivity contribution in [2.24, 2.45) is 0 Å². The molecule has 1 N–H and O–H groups in total. The fourth-order valence-electron chi connectivity index (χ4n) is 3.32. The van der Waals surface area contributed by atoms with Crippen molar-refractivity contribution in [2.75, 3.05) is 20.3 Å². The van der Waals surface area contributed by atoms with Crippen LogP contribution in [-0.4, -0.2) is 51.0 Å². The molecule has 0 spiro atoms. The molecule has 0 fully saturated rings. The zero-order valence-corrected chi connectivity index (χ0v) is 14.1. The average molecular weight is 317 g/mol. The summed E-state index contributed by atoms with van der Waals surface area (Å²) < 4.78 is 7.26. The highest BCUT2D eigenvalue weighted by atomic mass is 16.5. The maximum atomic E-state index is 13.0. The Bertz CT molecular complexity index is 718. The summed E-state index contributed by atoms with van der Waals surface area (Å²) in [6.45, 7) is 7.78. The quantitative estimate of drug-likeness (QED) is 0.930. The minimum absolute atomic E-state index is 0.0191. The molecule has 0 radical (unpaired) electrons. The molecule has 2 aromatic rings. The van der Waals surface area contributed by atoms with E-state index in [1.165, 1.54) is 0 Å². The predicted molar refractivity (Wildman–Crippen MR) is 85.3 cm³/mol. The van der Waals surface area contributed by atoms with Gasteiger partial charge < -0.3 is 14.6 Å². The molecule has 3 heterocycles. The number of nitrogens with zero attached hydrogens (tertiary/aromatic N) is 4. The summed E-state index contributed by atoms with van der Waals surface area (Å²) in [5.74, 6) is 0.0191. The van der Waals surface area contributed by atoms with Crippen LogP contribution in [0.3, 0.4) is 0 Å². The summed E-state index contributed by atoms with van der Waals surface area (Å²) in [7, 11) is 1.65. The van der Waals surface area contributed by atoms with Gasteiger partial charge in [0, 0.05) is 38.0 Å². The average Bonchev–Trinajstić information content (AvgIpc) is 3.10. The number of aryl methyl sites for hydroxylation is 3. The number of H-pyrrole nitrogens is 1. The fraction of sp³-hybridized carbons (Fsp3) is 0.562. The lowest BCUT2D eigenvalue weighted by Gasteiger charge is -2.34. The molecule has 0 aromatic carbocycles. The van der Waals surface area contributed by atoms with Crippen molar-refractivity contribution < 1.29 is 9.53 Å². The summed E-state index contributed by atoms with van der Waals surface area (Å²) in [5.41, 5.74) is 4.57. The molecule has 0 saturated carbocycles. The van der Waals surface area contributed by atoms with Crippen LogP contribution in [0.25, 0.3) is 0 Å². The highest BCUT2D eigenvalue weighted by molar-refractivity contribution is 5.96. The molecule has 0 bridgehead atoms. The number of carbonyl (C=O) groups excluding carboxylic acids is 1. The Morgan fingerprint density at radius 1 is 1.48 bits per heavy atom. The van der Waals surface area contributed by atoms with E-state index in [1.54, 1.807) is 7.11 Å². The van der Waals surface area contributed by atoms with Crippen LogP contribution >= 0.6 is 0 Å². The van der Waals surface area contributed by atoms with Gasteiger partial charge in [-0.2, -0.15) is 0 Å². The van der Waals surface area contributed by atoms with Gasteiger partial charge in [0.25, 0.3) is 5.91 Å². The van der Waals surface area contributed by atoms with Crippen LogP contribution in [0, 0.1) is 13.8 Å². The number of hydrogen-bond donors (Lipinski definition) is 1. The van der Waals surface area contributed by atoms with Crippen LogP contribution in [-0.2, 0) is 17.7 Å². The number of fused-ring (bicyclic) bond motifs is 1. The Kier molecular flexibility index (Phi) is 4.21. The smallest absolute Gasteiger partial charge is 0.256 e. The van der Waals surface area contributed by atoms with Gasteiger partial charge in [-0.3, -0.25) is 4.79 Å². The minimum atomic E-state index is -0.189. The first kappa shape index (κ1) is 15.7. The Balaban J connectivity index is 1.96. The van der Waals surface area contributed by atoms with Gasteiger partial charge in [-0.05, 0) is 26.8 Å². The first-order chi connectivity index (χ1) is 11.1. The summed E-state index contributed by atoms with van der Waals surface area (Å²) >= 11 is 0. The normalized spacial score (nSPS) is 17.4. The van der Waals surface area contributed by atoms with Gasteiger partial charge in [0.15, 0.2) is 0 Å². The van der Waals surface area contributed by atoms with Gasteiger partial charge in [0.05, 0.1) is 17.9 Å². The number of amides is 1. The second-order valence-corrected chi connectivity index (χ2v) is 5.95. The third-order valence-corrected chi connectivity index (χ3v) is 4.41. The number of rotatable bonds is 4. The Labute approximate surface area is 135 Å². The van der Waals surface area contributed by atoms with Crippen molar-refractivity contribution in [3.63, 3.8) is 0 Å². The molecule has 7 heteroatoms. The second kappa shape index (κ2) is 6.16. The molecule has 124 valence electrons. The second-order valence-electron chi connectivity index (χ2n) is 5.95. The van der Waals surface area contributed by atoms with E-state index in [1.807, 2.05) is 36.4 Å². The third-order valence-electron chi connectivity index (χ3n) is 4.41. The van der Waals surface area contributed by atoms with Gasteiger partial charge in [-0.1, -0.05) is 5.21 Å². The van der Waals surface area contributed by atoms with Crippen molar-refractivity contribution in [3.05, 3.63) is 34.4 Å². The summed E-state index contributed by atoms with van der Waals surface area (Å²) in [6.07, 6.45) is 0.768. The van der Waals surface area contributed by atoms with E-state index < -0.39 is 0 Å². The fourth-order valence-corrected chi connectivity index (χ4v) is 3.32. The lowest BCUT2D eigenvalue weighted by Crippen LogP contribution is -2.42. The minimum Gasteiger partial charge on any atom is -0.382 e. The number of methoxy groups -OCH3 is 1. The van der Waals surface area contributed by atoms with Crippen molar-refractivity contribution in [1.82, 2.24) is 24.9 Å². The van der Waals surface area contributed by atoms with Gasteiger partial charge >= 0.3 is 0 Å². The molecule has 2 aromatic heterocycles. The van der Waals surface area contributed by atoms with E-state index in [2.05, 4.69) is 15.3 Å². The van der Waals surface area contributed by atoms with Crippen molar-refractivity contribution >= 4 is 5.91 Å². The van der Waals surface area contributed by atoms with Crippen molar-refractivity contribution in [2.45, 2.75) is 39.8 Å². The SMILES string of the molecule is CCn1nnc2c1CCN(C(=O)c1cc(C)[nH]c1C)C2COC. The van der Waals surface area contributed by atoms with Crippen LogP contribution in [0.5, 0.6) is 0 Å². The maximum absolute atomic E-state index is 13.0. The van der Waals surface area contributed by atoms with E-state index in [-0.39, 0.29) is 11.9 Å². The zero-order valence-electron chi connectivity index (χ0n) is 14.1. The molecule has 0 aliphatic carbocycles. The van der Waals surface area contributed by atoms with E-state index in [4.69, 9.17) is 4.74 Å². The highest BCUT2D eigenvalue weighted by Crippen LogP contribution is 2.30. The van der Waals surface area contributed by atoms with Gasteiger partial charge in [-0.15, -0.1) is 5.10 Å². The third kappa shape index (κ3) is 2.65. The number of nitrogens with one attached hydrogen (secondary N) is 1. The van der Waals surface area contributed by atoms with E-state index in [0.717, 1.165) is 41.3 Å². The molecule has 3 rings (SSSR count). The molecule has 1 unspecified atom stereocenters. The molecule has 1 atom stereocenters. The van der Waals surface area contributed by atoms with E-state index in [9.17, 15) is 4.79 Å². The lowest BCUT2D eigenvalue weighted by molar-refractivity contribution is 0.0490. The number of aromatic nitrogens is 4. The Morgan fingerprint density at radius 3 is 2.87 bits per heavy atom. The standard InChI is InChI=1S/C16H23N5O2/c1-5-21-13-6-7-20(14(9-23-4)15(13)18-19-21)16(22)12-8-10(2)17-11(12)3/h8,14,17H,5-7,9H2,1-4H3. The van der Waals surface area contributed by atoms with Gasteiger partial charge in [0.2, 0.25) is 0 Å². The predicted octanol–water partition coefficient (Wildman–Crippen LogP) is 1.63. The first-order valence-electron chi connectivity index (χ1n) is 7.95. The summed E-state index contributed by atoms with van der Waals surface area (Å²) in [5, 5.41) is 8.52. The monoisotopic (exact) mass is 317 g/mol. The van der Waals surface area contributed by atoms with Crippen LogP contribution in [0.1, 0.15) is 46.1 Å². The number of hydrogen-bond acceptors (Lipinski definition) is 4. The highest BCUT2D eigenvalue weighted by Gasteiger charge is 2.35. The molecule has 23 heavy (non-hydrogen) atoms. The Hall–Kier alpha value is -2.15. The molecular weight excluding hydrogens is 294 g/mol. The van der Waals surface area contributed by atoms with Crippen molar-refractivity contribution in [3.8, 4) is 0 Å². The van der Waals surface area contributed by atoms with E-state index >= 15 is 0 Å². The molecule has 1 amide bonds. The number of ether oxygens (including phenoxy) is 1. The maximum Gasteiger partial charge on any atom is 0.256 e. The van der Waals surface area contributed by atoms with Gasteiger partial charge in [-0.25, -0.2) is 4.68 Å². The summed E-state index contributed by atoms with van der Waals surface area (Å²) in [6, 6.07) is 1.71. The molecule has 7 nitrogen and oxygen atoms in total. The van der Waals surface area contributed by atoms with Crippen LogP contribution in [0.15, 0.2) is 6.07 Å². The Morgan fingerprint density at radius 2 is 2.26 bits per heavy atom. The lowest BCUT2D eigenvalue weighted by atomic mass is 10.0. The molecule has 0 saturated heterocycles. The molecule has 1 aliphatic rings. The van der Waals surface area contributed by atoms with Crippen LogP contribution < -0.4 is 0 Å². The topological polar surface area (TPSA) is 76.0 Å². The largest absolute Gasteiger partial charge is 0.382 e. The number of carbonyl (C=O) groups is 1. The van der Waals surface area contributed by atoms with Gasteiger partial charge in [0.1, 0.15) is 11.7 Å². The number of aromatic amines is 1. The van der Waals surface area contributed by atoms with Crippen LogP contribution in [0.2, 0.25) is 0 Å². The molecule has 1 aliphatic heterocycles.